The lowest BCUT2D eigenvalue weighted by molar-refractivity contribution is -0.157. The highest BCUT2D eigenvalue weighted by molar-refractivity contribution is 5.96. The van der Waals surface area contributed by atoms with Gasteiger partial charge in [-0.1, -0.05) is 99.6 Å². The van der Waals surface area contributed by atoms with Gasteiger partial charge >= 0.3 is 0 Å². The van der Waals surface area contributed by atoms with Crippen LogP contribution in [0.1, 0.15) is 80.9 Å². The number of nitrogens with zero attached hydrogens (tertiary/aromatic N) is 4. The molecule has 0 aromatic heterocycles. The minimum Gasteiger partial charge on any atom is -0.387 e. The summed E-state index contributed by atoms with van der Waals surface area (Å²) in [5, 5.41) is 16.4. The smallest absolute Gasteiger partial charge is 0.246 e. The molecule has 284 valence electrons. The lowest BCUT2D eigenvalue weighted by atomic mass is 9.93. The van der Waals surface area contributed by atoms with Gasteiger partial charge in [-0.25, -0.2) is 0 Å². The maximum Gasteiger partial charge on any atom is 0.246 e. The monoisotopic (exact) mass is 703 g/mol. The van der Waals surface area contributed by atoms with Gasteiger partial charge in [0.05, 0.1) is 12.1 Å². The van der Waals surface area contributed by atoms with Gasteiger partial charge in [-0.15, -0.1) is 0 Å². The Morgan fingerprint density at radius 1 is 0.560 bits per heavy atom. The Labute approximate surface area is 301 Å². The van der Waals surface area contributed by atoms with Crippen molar-refractivity contribution in [2.24, 2.45) is 29.6 Å². The van der Waals surface area contributed by atoms with Gasteiger partial charge < -0.3 is 35.3 Å². The predicted octanol–water partition coefficient (Wildman–Crippen LogP) is 3.01. The minimum absolute atomic E-state index is 0.000112. The standard InChI is InChI=1S/C38H66N6O6/c1-22(2)29(39-11)35(47)42(13)31(24(5)6)37(49)44(15)33(26(9)10)38(50)43(14)32(25(7)8)36(48)41(12)30(23(3)4)34(46)40-21-28(45)27-19-17-16-18-20-27/h16-20,22-26,28-33,39,45H,21H2,1-15H3,(H,40,46)/t28?,29-,30-,31-,32-,33-/m0/s1. The molecule has 0 aliphatic heterocycles. The second-order valence-corrected chi connectivity index (χ2v) is 15.2. The van der Waals surface area contributed by atoms with Gasteiger partial charge in [-0.05, 0) is 42.2 Å². The fourth-order valence-corrected chi connectivity index (χ4v) is 6.85. The van der Waals surface area contributed by atoms with Crippen molar-refractivity contribution in [1.29, 1.82) is 0 Å². The maximum absolute atomic E-state index is 14.4. The first kappa shape index (κ1) is 44.5. The van der Waals surface area contributed by atoms with Gasteiger partial charge in [-0.3, -0.25) is 24.0 Å². The van der Waals surface area contributed by atoms with Crippen molar-refractivity contribution in [2.45, 2.75) is 106 Å². The van der Waals surface area contributed by atoms with Crippen LogP contribution in [-0.2, 0) is 24.0 Å². The van der Waals surface area contributed by atoms with Crippen molar-refractivity contribution >= 4 is 29.5 Å². The van der Waals surface area contributed by atoms with Crippen LogP contribution < -0.4 is 10.6 Å². The summed E-state index contributed by atoms with van der Waals surface area (Å²) in [6.45, 7) is 18.6. The Hall–Kier alpha value is -3.51. The summed E-state index contributed by atoms with van der Waals surface area (Å²) in [6, 6.07) is 4.97. The highest BCUT2D eigenvalue weighted by Crippen LogP contribution is 2.24. The average molecular weight is 703 g/mol. The second-order valence-electron chi connectivity index (χ2n) is 15.2. The van der Waals surface area contributed by atoms with Gasteiger partial charge in [0.1, 0.15) is 24.2 Å². The Morgan fingerprint density at radius 2 is 0.900 bits per heavy atom. The van der Waals surface area contributed by atoms with Crippen molar-refractivity contribution in [3.05, 3.63) is 35.9 Å². The van der Waals surface area contributed by atoms with Crippen LogP contribution in [-0.4, -0.2) is 126 Å². The van der Waals surface area contributed by atoms with Gasteiger partial charge in [0.15, 0.2) is 0 Å². The third-order valence-corrected chi connectivity index (χ3v) is 9.51. The maximum atomic E-state index is 14.4. The minimum atomic E-state index is -0.936. The van der Waals surface area contributed by atoms with E-state index in [9.17, 15) is 29.1 Å². The molecule has 0 saturated carbocycles. The molecule has 5 amide bonds. The molecule has 1 aromatic carbocycles. The first-order valence-corrected chi connectivity index (χ1v) is 17.9. The number of hydrogen-bond acceptors (Lipinski definition) is 7. The van der Waals surface area contributed by atoms with Crippen molar-refractivity contribution in [3.8, 4) is 0 Å². The summed E-state index contributed by atoms with van der Waals surface area (Å²) in [5.74, 6) is -2.98. The zero-order valence-electron chi connectivity index (χ0n) is 33.2. The summed E-state index contributed by atoms with van der Waals surface area (Å²) in [6.07, 6.45) is -0.915. The molecule has 1 rings (SSSR count). The molecule has 1 unspecified atom stereocenters. The molecular weight excluding hydrogens is 636 g/mol. The number of hydrogen-bond donors (Lipinski definition) is 3. The normalized spacial score (nSPS) is 15.4. The molecule has 6 atom stereocenters. The zero-order valence-corrected chi connectivity index (χ0v) is 33.2. The van der Waals surface area contributed by atoms with E-state index in [0.717, 1.165) is 0 Å². The van der Waals surface area contributed by atoms with Gasteiger partial charge in [0.2, 0.25) is 29.5 Å². The molecule has 0 heterocycles. The van der Waals surface area contributed by atoms with E-state index >= 15 is 0 Å². The van der Waals surface area contributed by atoms with Crippen LogP contribution in [0.4, 0.5) is 0 Å². The lowest BCUT2D eigenvalue weighted by Gasteiger charge is -2.42. The Bertz CT molecular complexity index is 1270. The number of likely N-dealkylation sites (N-methyl/N-ethyl adjacent to an activating group) is 5. The first-order valence-electron chi connectivity index (χ1n) is 17.9. The van der Waals surface area contributed by atoms with Crippen molar-refractivity contribution in [1.82, 2.24) is 30.2 Å². The Morgan fingerprint density at radius 3 is 1.22 bits per heavy atom. The molecule has 50 heavy (non-hydrogen) atoms. The van der Waals surface area contributed by atoms with Crippen LogP contribution in [0.3, 0.4) is 0 Å². The molecule has 0 bridgehead atoms. The van der Waals surface area contributed by atoms with Gasteiger partial charge in [-0.2, -0.15) is 0 Å². The summed E-state index contributed by atoms with van der Waals surface area (Å²) in [4.78, 5) is 75.3. The van der Waals surface area contributed by atoms with E-state index in [1.807, 2.05) is 75.3 Å². The van der Waals surface area contributed by atoms with E-state index in [4.69, 9.17) is 0 Å². The predicted molar refractivity (Wildman–Crippen MR) is 198 cm³/mol. The number of rotatable bonds is 18. The van der Waals surface area contributed by atoms with E-state index < -0.39 is 54.0 Å². The molecule has 12 heteroatoms. The third-order valence-electron chi connectivity index (χ3n) is 9.51. The zero-order chi connectivity index (χ0) is 38.8. The topological polar surface area (TPSA) is 143 Å². The van der Waals surface area contributed by atoms with Crippen molar-refractivity contribution < 1.29 is 29.1 Å². The molecule has 1 aromatic rings. The fourth-order valence-electron chi connectivity index (χ4n) is 6.85. The molecular formula is C38H66N6O6. The molecule has 0 aliphatic carbocycles. The van der Waals surface area contributed by atoms with Crippen molar-refractivity contribution in [2.75, 3.05) is 41.8 Å². The SMILES string of the molecule is CN[C@H](C(=O)N(C)[C@H](C(=O)N(C)[C@H](C(=O)N(C)[C@H](C(=O)N(C)[C@H](C(=O)NCC(O)c1ccccc1)C(C)C)C(C)C)C(C)C)C(C)C)C(C)C. The average Bonchev–Trinajstić information content (AvgIpc) is 3.03. The summed E-state index contributed by atoms with van der Waals surface area (Å²) >= 11 is 0. The Kier molecular flexibility index (Phi) is 17.6. The van der Waals surface area contributed by atoms with Gasteiger partial charge in [0.25, 0.3) is 0 Å². The fraction of sp³-hybridized carbons (Fsp3) is 0.711. The van der Waals surface area contributed by atoms with Crippen LogP contribution in [0.25, 0.3) is 0 Å². The van der Waals surface area contributed by atoms with E-state index in [-0.39, 0.29) is 47.9 Å². The number of carbonyl (C=O) groups excluding carboxylic acids is 5. The van der Waals surface area contributed by atoms with Crippen LogP contribution in [0.15, 0.2) is 30.3 Å². The lowest BCUT2D eigenvalue weighted by Crippen LogP contribution is -2.62. The summed E-state index contributed by atoms with van der Waals surface area (Å²) in [7, 11) is 8.03. The highest BCUT2D eigenvalue weighted by Gasteiger charge is 2.43. The Balaban J connectivity index is 3.35. The quantitative estimate of drug-likeness (QED) is 0.214. The molecule has 3 N–H and O–H groups in total. The number of carbonyl (C=O) groups is 5. The molecule has 0 fully saturated rings. The number of nitrogens with one attached hydrogen (secondary N) is 2. The van der Waals surface area contributed by atoms with Gasteiger partial charge in [0, 0.05) is 34.7 Å². The number of aliphatic hydroxyl groups excluding tert-OH is 1. The van der Waals surface area contributed by atoms with E-state index in [2.05, 4.69) is 10.6 Å². The number of amides is 5. The van der Waals surface area contributed by atoms with Crippen LogP contribution in [0, 0.1) is 29.6 Å². The summed E-state index contributed by atoms with van der Waals surface area (Å²) in [5.41, 5.74) is 0.664. The summed E-state index contributed by atoms with van der Waals surface area (Å²) < 4.78 is 0. The third kappa shape index (κ3) is 11.0. The van der Waals surface area contributed by atoms with Crippen molar-refractivity contribution in [3.63, 3.8) is 0 Å². The van der Waals surface area contributed by atoms with E-state index in [0.29, 0.717) is 5.56 Å². The van der Waals surface area contributed by atoms with Crippen LogP contribution >= 0.6 is 0 Å². The second kappa shape index (κ2) is 19.8. The first-order chi connectivity index (χ1) is 23.1. The number of benzene rings is 1. The van der Waals surface area contributed by atoms with Crippen LogP contribution in [0.5, 0.6) is 0 Å². The molecule has 0 aliphatic rings. The largest absolute Gasteiger partial charge is 0.387 e. The highest BCUT2D eigenvalue weighted by atomic mass is 16.3. The van der Waals surface area contributed by atoms with E-state index in [1.54, 1.807) is 59.5 Å². The van der Waals surface area contributed by atoms with E-state index in [1.165, 1.54) is 19.6 Å². The number of aliphatic hydroxyl groups is 1. The molecule has 0 spiro atoms. The molecule has 0 radical (unpaired) electrons. The molecule has 0 saturated heterocycles. The van der Waals surface area contributed by atoms with Crippen LogP contribution in [0.2, 0.25) is 0 Å². The molecule has 12 nitrogen and oxygen atoms in total.